The molecule has 0 aliphatic carbocycles. The van der Waals surface area contributed by atoms with Crippen LogP contribution in [0.3, 0.4) is 0 Å². The molecule has 10 heavy (non-hydrogen) atoms. The van der Waals surface area contributed by atoms with Gasteiger partial charge in [-0.1, -0.05) is 0 Å². The Labute approximate surface area is 101 Å². The van der Waals surface area contributed by atoms with Gasteiger partial charge in [-0.2, -0.15) is 8.42 Å². The third-order valence-electron chi connectivity index (χ3n) is 0.493. The molecule has 0 amide bonds. The first kappa shape index (κ1) is 13.6. The van der Waals surface area contributed by atoms with Gasteiger partial charge in [0.05, 0.1) is 0 Å². The van der Waals surface area contributed by atoms with Crippen LogP contribution >= 0.6 is 0 Å². The Kier molecular flexibility index (Phi) is 6.47. The Morgan fingerprint density at radius 2 is 1.80 bits per heavy atom. The zero-order chi connectivity index (χ0) is 7.65. The fraction of sp³-hybridized carbons (Fsp3) is 0.500. The molecule has 1 atom stereocenters. The second-order valence-corrected chi connectivity index (χ2v) is 2.68. The van der Waals surface area contributed by atoms with Crippen molar-refractivity contribution >= 4 is 16.1 Å². The Morgan fingerprint density at radius 1 is 1.50 bits per heavy atom. The number of aliphatic carboxylic acids is 1. The molecule has 0 aromatic carbocycles. The Balaban J connectivity index is -0.000000320. The number of carboxylic acids is 1. The van der Waals surface area contributed by atoms with Crippen LogP contribution < -0.4 is 51.4 Å². The van der Waals surface area contributed by atoms with E-state index in [9.17, 15) is 13.2 Å². The molecule has 0 saturated carbocycles. The molecule has 3 N–H and O–H groups in total. The molecule has 0 saturated heterocycles. The van der Waals surface area contributed by atoms with Crippen LogP contribution in [-0.2, 0) is 14.9 Å². The number of rotatable bonds is 2. The topological polar surface area (TPSA) is 112 Å². The molecule has 0 aliphatic heterocycles. The summed E-state index contributed by atoms with van der Waals surface area (Å²) in [5, 5.41) is 15.8. The maximum atomic E-state index is 9.70. The molecular formula is C2H5KO6S. The molecule has 0 spiro atoms. The minimum absolute atomic E-state index is 0. The van der Waals surface area contributed by atoms with Crippen LogP contribution in [0.4, 0.5) is 0 Å². The summed E-state index contributed by atoms with van der Waals surface area (Å²) in [7, 11) is -4.85. The fourth-order valence-electron chi connectivity index (χ4n) is 0.127. The average Bonchev–Trinajstić information content (AvgIpc) is 1.62. The first-order valence-corrected chi connectivity index (χ1v) is 3.23. The summed E-state index contributed by atoms with van der Waals surface area (Å²) in [5.41, 5.74) is -2.74. The maximum absolute atomic E-state index is 9.70. The van der Waals surface area contributed by atoms with Gasteiger partial charge >= 0.3 is 67.5 Å². The van der Waals surface area contributed by atoms with Crippen molar-refractivity contribution in [2.75, 3.05) is 0 Å². The summed E-state index contributed by atoms with van der Waals surface area (Å²) in [6.45, 7) is 0. The molecule has 6 nitrogen and oxygen atoms in total. The van der Waals surface area contributed by atoms with Gasteiger partial charge in [-0.15, -0.1) is 0 Å². The number of hydrogen-bond acceptors (Lipinski definition) is 4. The van der Waals surface area contributed by atoms with E-state index >= 15 is 0 Å². The van der Waals surface area contributed by atoms with Gasteiger partial charge in [0, 0.05) is 0 Å². The molecular weight excluding hydrogens is 191 g/mol. The van der Waals surface area contributed by atoms with Crippen molar-refractivity contribution in [3.63, 3.8) is 0 Å². The van der Waals surface area contributed by atoms with Crippen molar-refractivity contribution in [2.45, 2.75) is 5.44 Å². The first-order chi connectivity index (χ1) is 3.85. The normalized spacial score (nSPS) is 13.4. The summed E-state index contributed by atoms with van der Waals surface area (Å²) >= 11 is 0. The zero-order valence-corrected chi connectivity index (χ0v) is 8.99. The van der Waals surface area contributed by atoms with Crippen molar-refractivity contribution in [3.05, 3.63) is 0 Å². The minimum atomic E-state index is -4.85. The molecule has 0 fully saturated rings. The molecule has 56 valence electrons. The summed E-state index contributed by atoms with van der Waals surface area (Å²) in [6, 6.07) is 0. The van der Waals surface area contributed by atoms with E-state index in [1.54, 1.807) is 0 Å². The van der Waals surface area contributed by atoms with Gasteiger partial charge in [0.25, 0.3) is 5.44 Å². The Bertz CT molecular complexity index is 211. The van der Waals surface area contributed by atoms with Crippen LogP contribution in [0.15, 0.2) is 0 Å². The summed E-state index contributed by atoms with van der Waals surface area (Å²) in [6.07, 6.45) is 0. The second-order valence-electron chi connectivity index (χ2n) is 1.21. The minimum Gasteiger partial charge on any atom is -1.00 e. The van der Waals surface area contributed by atoms with E-state index in [4.69, 9.17) is 14.8 Å². The van der Waals surface area contributed by atoms with Crippen molar-refractivity contribution in [1.29, 1.82) is 0 Å². The van der Waals surface area contributed by atoms with E-state index in [0.717, 1.165) is 0 Å². The van der Waals surface area contributed by atoms with Crippen LogP contribution in [0.1, 0.15) is 1.43 Å². The third kappa shape index (κ3) is 4.74. The molecule has 0 aromatic heterocycles. The number of aliphatic hydroxyl groups is 1. The number of carboxylic acid groups (broad SMARTS) is 1. The Morgan fingerprint density at radius 3 is 1.80 bits per heavy atom. The van der Waals surface area contributed by atoms with Crippen molar-refractivity contribution in [2.24, 2.45) is 0 Å². The monoisotopic (exact) mass is 196 g/mol. The fourth-order valence-corrected chi connectivity index (χ4v) is 0.382. The average molecular weight is 196 g/mol. The molecule has 0 aromatic rings. The van der Waals surface area contributed by atoms with E-state index in [1.807, 2.05) is 0 Å². The second kappa shape index (κ2) is 4.77. The molecule has 0 rings (SSSR count). The molecule has 0 aliphatic rings. The van der Waals surface area contributed by atoms with Gasteiger partial charge in [0.1, 0.15) is 0 Å². The summed E-state index contributed by atoms with van der Waals surface area (Å²) < 4.78 is 27.2. The van der Waals surface area contributed by atoms with Crippen LogP contribution in [0.25, 0.3) is 0 Å². The van der Waals surface area contributed by atoms with E-state index < -0.39 is 21.5 Å². The molecule has 8 heteroatoms. The van der Waals surface area contributed by atoms with Gasteiger partial charge in [0.2, 0.25) is 0 Å². The van der Waals surface area contributed by atoms with Gasteiger partial charge < -0.3 is 11.6 Å². The van der Waals surface area contributed by atoms with Gasteiger partial charge in [-0.25, -0.2) is 4.79 Å². The van der Waals surface area contributed by atoms with Crippen molar-refractivity contribution < 1.29 is 80.8 Å². The molecule has 1 unspecified atom stereocenters. The van der Waals surface area contributed by atoms with E-state index in [1.165, 1.54) is 0 Å². The van der Waals surface area contributed by atoms with Gasteiger partial charge in [-0.3, -0.25) is 4.55 Å². The van der Waals surface area contributed by atoms with E-state index in [-0.39, 0.29) is 52.8 Å². The Hall–Kier alpha value is 0.976. The van der Waals surface area contributed by atoms with Crippen molar-refractivity contribution in [1.82, 2.24) is 0 Å². The standard InChI is InChI=1S/C2H4O6S.K.H/c3-1(4)2(5)9(6,7)8;;/h2,5H,(H,3,4)(H,6,7,8);;/q;+1;-1. The number of carbonyl (C=O) groups is 1. The van der Waals surface area contributed by atoms with Crippen LogP contribution in [-0.4, -0.2) is 34.6 Å². The molecule has 0 radical (unpaired) electrons. The van der Waals surface area contributed by atoms with Crippen LogP contribution in [0.5, 0.6) is 0 Å². The molecule has 0 heterocycles. The zero-order valence-electron chi connectivity index (χ0n) is 6.05. The van der Waals surface area contributed by atoms with Gasteiger partial charge in [-0.05, 0) is 0 Å². The maximum Gasteiger partial charge on any atom is 1.00 e. The van der Waals surface area contributed by atoms with Crippen molar-refractivity contribution in [3.8, 4) is 0 Å². The largest absolute Gasteiger partial charge is 1.00 e. The predicted molar refractivity (Wildman–Crippen MR) is 26.3 cm³/mol. The third-order valence-corrected chi connectivity index (χ3v) is 1.26. The number of hydrogen-bond donors (Lipinski definition) is 3. The van der Waals surface area contributed by atoms with Crippen LogP contribution in [0, 0.1) is 0 Å². The quantitative estimate of drug-likeness (QED) is 0.302. The SMILES string of the molecule is O=C(O)C(O)S(=O)(=O)O.[H-].[K+]. The first-order valence-electron chi connectivity index (χ1n) is 1.73. The summed E-state index contributed by atoms with van der Waals surface area (Å²) in [4.78, 5) is 9.56. The smallest absolute Gasteiger partial charge is 1.00 e. The summed E-state index contributed by atoms with van der Waals surface area (Å²) in [5.74, 6) is -2.00. The van der Waals surface area contributed by atoms with Gasteiger partial charge in [0.15, 0.2) is 0 Å². The van der Waals surface area contributed by atoms with E-state index in [2.05, 4.69) is 0 Å². The predicted octanol–water partition coefficient (Wildman–Crippen LogP) is -4.61. The van der Waals surface area contributed by atoms with Crippen LogP contribution in [0.2, 0.25) is 0 Å². The van der Waals surface area contributed by atoms with E-state index in [0.29, 0.717) is 0 Å². The molecule has 0 bridgehead atoms. The number of aliphatic hydroxyl groups excluding tert-OH is 1.